The van der Waals surface area contributed by atoms with Crippen LogP contribution in [0.3, 0.4) is 0 Å². The van der Waals surface area contributed by atoms with Gasteiger partial charge >= 0.3 is 12.4 Å². The predicted molar refractivity (Wildman–Crippen MR) is 144 cm³/mol. The third kappa shape index (κ3) is 6.54. The van der Waals surface area contributed by atoms with Crippen molar-refractivity contribution in [2.45, 2.75) is 6.36 Å². The van der Waals surface area contributed by atoms with E-state index in [0.29, 0.717) is 49.0 Å². The lowest BCUT2D eigenvalue weighted by Crippen LogP contribution is -2.50. The van der Waals surface area contributed by atoms with Gasteiger partial charge in [0.15, 0.2) is 0 Å². The van der Waals surface area contributed by atoms with E-state index in [0.717, 1.165) is 35.0 Å². The van der Waals surface area contributed by atoms with E-state index in [2.05, 4.69) is 29.7 Å². The first kappa shape index (κ1) is 27.1. The number of benzene rings is 2. The standard InChI is InChI=1S/C25H24F3N7O4S/c1-40(37,38)33-18-4-2-16(3-5-18)21-14-20-22(32-21)29-15-30-23(20)34-10-12-35(13-11-34)24(36)31-17-6-8-19(9-7-17)39-25(26,27)28/h2-9,14-15,33H,10-13H2,1H3,(H,31,36)(H,29,30,32). The molecule has 3 N–H and O–H groups in total. The van der Waals surface area contributed by atoms with E-state index in [-0.39, 0.29) is 11.8 Å². The topological polar surface area (TPSA) is 133 Å². The Morgan fingerprint density at radius 1 is 0.975 bits per heavy atom. The molecule has 0 aliphatic carbocycles. The van der Waals surface area contributed by atoms with Gasteiger partial charge in [0.1, 0.15) is 23.5 Å². The molecule has 1 fully saturated rings. The zero-order valence-electron chi connectivity index (χ0n) is 21.1. The molecule has 0 bridgehead atoms. The number of hydrogen-bond acceptors (Lipinski definition) is 7. The molecule has 15 heteroatoms. The first-order valence-corrected chi connectivity index (χ1v) is 13.9. The molecule has 1 aliphatic heterocycles. The summed E-state index contributed by atoms with van der Waals surface area (Å²) in [5, 5.41) is 3.49. The fourth-order valence-corrected chi connectivity index (χ4v) is 4.89. The highest BCUT2D eigenvalue weighted by molar-refractivity contribution is 7.92. The highest BCUT2D eigenvalue weighted by Crippen LogP contribution is 2.30. The lowest BCUT2D eigenvalue weighted by atomic mass is 10.1. The fraction of sp³-hybridized carbons (Fsp3) is 0.240. The third-order valence-electron chi connectivity index (χ3n) is 6.11. The summed E-state index contributed by atoms with van der Waals surface area (Å²) in [6.07, 6.45) is -2.24. The summed E-state index contributed by atoms with van der Waals surface area (Å²) in [7, 11) is -3.37. The molecule has 3 heterocycles. The smallest absolute Gasteiger partial charge is 0.406 e. The number of halogens is 3. The Labute approximate surface area is 227 Å². The van der Waals surface area contributed by atoms with Crippen LogP contribution in [-0.4, -0.2) is 73.1 Å². The van der Waals surface area contributed by atoms with Crippen molar-refractivity contribution in [3.8, 4) is 17.0 Å². The van der Waals surface area contributed by atoms with Crippen LogP contribution in [0.15, 0.2) is 60.9 Å². The molecule has 210 valence electrons. The van der Waals surface area contributed by atoms with Crippen molar-refractivity contribution in [2.75, 3.05) is 47.4 Å². The van der Waals surface area contributed by atoms with Gasteiger partial charge in [0.05, 0.1) is 11.6 Å². The highest BCUT2D eigenvalue weighted by Gasteiger charge is 2.31. The van der Waals surface area contributed by atoms with Gasteiger partial charge in [-0.1, -0.05) is 12.1 Å². The molecule has 1 saturated heterocycles. The molecule has 5 rings (SSSR count). The minimum absolute atomic E-state index is 0.347. The van der Waals surface area contributed by atoms with Crippen LogP contribution in [0.25, 0.3) is 22.3 Å². The Balaban J connectivity index is 1.23. The summed E-state index contributed by atoms with van der Waals surface area (Å²) in [5.74, 6) is 0.340. The van der Waals surface area contributed by atoms with Crippen LogP contribution in [-0.2, 0) is 10.0 Å². The van der Waals surface area contributed by atoms with Crippen molar-refractivity contribution in [3.63, 3.8) is 0 Å². The minimum Gasteiger partial charge on any atom is -0.406 e. The van der Waals surface area contributed by atoms with Crippen LogP contribution in [0.5, 0.6) is 5.75 Å². The van der Waals surface area contributed by atoms with Crippen molar-refractivity contribution >= 4 is 44.3 Å². The number of nitrogens with zero attached hydrogens (tertiary/aromatic N) is 4. The molecular formula is C25H24F3N7O4S. The SMILES string of the molecule is CS(=O)(=O)Nc1ccc(-c2cc3c(N4CCN(C(=O)Nc5ccc(OC(F)(F)F)cc5)CC4)ncnc3[nH]2)cc1. The maximum Gasteiger partial charge on any atom is 0.573 e. The van der Waals surface area contributed by atoms with E-state index < -0.39 is 16.4 Å². The number of anilines is 3. The monoisotopic (exact) mass is 575 g/mol. The number of fused-ring (bicyclic) bond motifs is 1. The Kier molecular flexibility index (Phi) is 7.14. The number of sulfonamides is 1. The number of H-pyrrole nitrogens is 1. The number of carbonyl (C=O) groups is 1. The van der Waals surface area contributed by atoms with Crippen LogP contribution in [0.2, 0.25) is 0 Å². The van der Waals surface area contributed by atoms with Gasteiger partial charge in [0, 0.05) is 43.2 Å². The van der Waals surface area contributed by atoms with E-state index in [9.17, 15) is 26.4 Å². The number of urea groups is 1. The summed E-state index contributed by atoms with van der Waals surface area (Å²) < 4.78 is 66.2. The second-order valence-electron chi connectivity index (χ2n) is 9.07. The predicted octanol–water partition coefficient (Wildman–Crippen LogP) is 4.25. The third-order valence-corrected chi connectivity index (χ3v) is 6.72. The Morgan fingerprint density at radius 3 is 2.25 bits per heavy atom. The van der Waals surface area contributed by atoms with Crippen molar-refractivity contribution in [3.05, 3.63) is 60.9 Å². The number of aromatic nitrogens is 3. The maximum atomic E-state index is 12.7. The summed E-state index contributed by atoms with van der Waals surface area (Å²) in [6.45, 7) is 1.81. The molecule has 11 nitrogen and oxygen atoms in total. The molecule has 40 heavy (non-hydrogen) atoms. The average Bonchev–Trinajstić information content (AvgIpc) is 3.33. The number of amides is 2. The van der Waals surface area contributed by atoms with Gasteiger partial charge in [-0.15, -0.1) is 13.2 Å². The van der Waals surface area contributed by atoms with E-state index in [1.54, 1.807) is 29.2 Å². The van der Waals surface area contributed by atoms with Gasteiger partial charge in [0.2, 0.25) is 10.0 Å². The minimum atomic E-state index is -4.79. The van der Waals surface area contributed by atoms with Crippen molar-refractivity contribution < 1.29 is 31.1 Å². The maximum absolute atomic E-state index is 12.7. The summed E-state index contributed by atoms with van der Waals surface area (Å²) in [6, 6.07) is 13.4. The molecule has 2 amide bonds. The molecule has 2 aromatic carbocycles. The Bertz CT molecular complexity index is 1620. The quantitative estimate of drug-likeness (QED) is 0.313. The normalized spacial score (nSPS) is 14.3. The molecule has 1 aliphatic rings. The number of ether oxygens (including phenoxy) is 1. The van der Waals surface area contributed by atoms with Gasteiger partial charge in [-0.05, 0) is 48.0 Å². The van der Waals surface area contributed by atoms with E-state index in [1.807, 2.05) is 11.0 Å². The van der Waals surface area contributed by atoms with Crippen molar-refractivity contribution in [1.82, 2.24) is 19.9 Å². The Morgan fingerprint density at radius 2 is 1.62 bits per heavy atom. The van der Waals surface area contributed by atoms with Crippen LogP contribution < -0.4 is 19.7 Å². The molecule has 2 aromatic heterocycles. The van der Waals surface area contributed by atoms with Gasteiger partial charge in [0.25, 0.3) is 0 Å². The van der Waals surface area contributed by atoms with Crippen LogP contribution in [0.4, 0.5) is 35.2 Å². The van der Waals surface area contributed by atoms with Crippen LogP contribution in [0.1, 0.15) is 0 Å². The number of nitrogens with one attached hydrogen (secondary N) is 3. The number of piperazine rings is 1. The van der Waals surface area contributed by atoms with Gasteiger partial charge in [-0.3, -0.25) is 4.72 Å². The first-order valence-electron chi connectivity index (χ1n) is 12.0. The number of hydrogen-bond donors (Lipinski definition) is 3. The number of aromatic amines is 1. The molecule has 0 radical (unpaired) electrons. The first-order chi connectivity index (χ1) is 18.9. The summed E-state index contributed by atoms with van der Waals surface area (Å²) in [4.78, 5) is 28.4. The fourth-order valence-electron chi connectivity index (χ4n) is 4.33. The largest absolute Gasteiger partial charge is 0.573 e. The van der Waals surface area contributed by atoms with E-state index in [4.69, 9.17) is 0 Å². The second-order valence-corrected chi connectivity index (χ2v) is 10.8. The lowest BCUT2D eigenvalue weighted by molar-refractivity contribution is -0.274. The molecular weight excluding hydrogens is 551 g/mol. The summed E-state index contributed by atoms with van der Waals surface area (Å²) in [5.41, 5.74) is 3.06. The van der Waals surface area contributed by atoms with Gasteiger partial charge < -0.3 is 24.8 Å². The molecule has 0 unspecified atom stereocenters. The zero-order chi connectivity index (χ0) is 28.5. The second kappa shape index (κ2) is 10.6. The number of carbonyl (C=O) groups excluding carboxylic acids is 1. The van der Waals surface area contributed by atoms with Crippen LogP contribution >= 0.6 is 0 Å². The summed E-state index contributed by atoms with van der Waals surface area (Å²) >= 11 is 0. The number of rotatable bonds is 6. The molecule has 4 aromatic rings. The highest BCUT2D eigenvalue weighted by atomic mass is 32.2. The van der Waals surface area contributed by atoms with E-state index in [1.165, 1.54) is 18.5 Å². The molecule has 0 atom stereocenters. The van der Waals surface area contributed by atoms with Gasteiger partial charge in [-0.25, -0.2) is 23.2 Å². The van der Waals surface area contributed by atoms with Crippen LogP contribution in [0, 0.1) is 0 Å². The number of alkyl halides is 3. The van der Waals surface area contributed by atoms with Crippen molar-refractivity contribution in [1.29, 1.82) is 0 Å². The van der Waals surface area contributed by atoms with Gasteiger partial charge in [-0.2, -0.15) is 0 Å². The Hall–Kier alpha value is -4.53. The average molecular weight is 576 g/mol. The zero-order valence-corrected chi connectivity index (χ0v) is 21.9. The molecule has 0 spiro atoms. The van der Waals surface area contributed by atoms with E-state index >= 15 is 0 Å². The lowest BCUT2D eigenvalue weighted by Gasteiger charge is -2.35. The molecule has 0 saturated carbocycles. The van der Waals surface area contributed by atoms with Crippen molar-refractivity contribution in [2.24, 2.45) is 0 Å².